The summed E-state index contributed by atoms with van der Waals surface area (Å²) in [4.78, 5) is 0. The van der Waals surface area contributed by atoms with Crippen LogP contribution in [0.15, 0.2) is 48.5 Å². The van der Waals surface area contributed by atoms with Crippen LogP contribution >= 0.6 is 0 Å². The average molecular weight is 275 g/mol. The van der Waals surface area contributed by atoms with Crippen molar-refractivity contribution in [3.63, 3.8) is 0 Å². The van der Waals surface area contributed by atoms with Crippen molar-refractivity contribution in [2.75, 3.05) is 0 Å². The largest absolute Gasteiger partial charge is 2.00 e. The topological polar surface area (TPSA) is 0 Å². The van der Waals surface area contributed by atoms with E-state index in [9.17, 15) is 4.39 Å². The fourth-order valence-corrected chi connectivity index (χ4v) is 1.23. The predicted octanol–water partition coefficient (Wildman–Crippen LogP) is -0.0839. The Labute approximate surface area is 115 Å². The fraction of sp³-hybridized carbons (Fsp3) is 0. The minimum absolute atomic E-state index is 0. The van der Waals surface area contributed by atoms with E-state index < -0.39 is 0 Å². The summed E-state index contributed by atoms with van der Waals surface area (Å²) in [5.41, 5.74) is 1.78. The maximum Gasteiger partial charge on any atom is 2.00 e. The molecule has 72 valence electrons. The molecule has 0 N–H and O–H groups in total. The van der Waals surface area contributed by atoms with Crippen molar-refractivity contribution in [1.29, 1.82) is 0 Å². The van der Waals surface area contributed by atoms with Crippen molar-refractivity contribution < 1.29 is 21.4 Å². The van der Waals surface area contributed by atoms with Gasteiger partial charge >= 0.3 is 23.1 Å². The Hall–Kier alpha value is -0.384. The molecule has 0 fully saturated rings. The van der Waals surface area contributed by atoms with Gasteiger partial charge in [-0.05, 0) is 6.07 Å². The molecule has 0 saturated carbocycles. The maximum atomic E-state index is 12.8. The molecule has 0 bridgehead atoms. The van der Waals surface area contributed by atoms with Gasteiger partial charge in [0, 0.05) is 0 Å². The molecule has 0 atom stereocenters. The van der Waals surface area contributed by atoms with Gasteiger partial charge in [-0.15, -0.1) is 35.9 Å². The van der Waals surface area contributed by atoms with Crippen LogP contribution in [0.25, 0.3) is 11.1 Å². The molecular weight excluding hydrogens is 267 g/mol. The minimum atomic E-state index is -0.213. The molecule has 0 saturated heterocycles. The minimum Gasteiger partial charge on any atom is -1.00 e. The zero-order valence-corrected chi connectivity index (χ0v) is 11.1. The van der Waals surface area contributed by atoms with Crippen molar-refractivity contribution >= 4 is 23.1 Å². The van der Waals surface area contributed by atoms with Gasteiger partial charge in [-0.3, -0.25) is 0 Å². The van der Waals surface area contributed by atoms with Crippen LogP contribution in [-0.2, 0) is 0 Å². The van der Waals surface area contributed by atoms with E-state index in [2.05, 4.69) is 6.07 Å². The van der Waals surface area contributed by atoms with Gasteiger partial charge in [-0.1, -0.05) is 23.8 Å². The zero-order chi connectivity index (χ0) is 9.10. The summed E-state index contributed by atoms with van der Waals surface area (Å²) in [6.07, 6.45) is 0. The van der Waals surface area contributed by atoms with E-state index in [-0.39, 0.29) is 45.9 Å². The van der Waals surface area contributed by atoms with Gasteiger partial charge in [0.15, 0.2) is 0 Å². The predicted molar refractivity (Wildman–Crippen MR) is 56.4 cm³/mol. The molecular formula is C12H8BrFMg. The Morgan fingerprint density at radius 1 is 1.00 bits per heavy atom. The third-order valence-electron chi connectivity index (χ3n) is 1.84. The monoisotopic (exact) mass is 274 g/mol. The molecule has 0 radical (unpaired) electrons. The Morgan fingerprint density at radius 2 is 1.80 bits per heavy atom. The second-order valence-corrected chi connectivity index (χ2v) is 2.79. The first-order chi connectivity index (χ1) is 6.36. The van der Waals surface area contributed by atoms with Gasteiger partial charge in [0.25, 0.3) is 0 Å². The van der Waals surface area contributed by atoms with Crippen molar-refractivity contribution in [3.05, 3.63) is 60.4 Å². The average Bonchev–Trinajstić information content (AvgIpc) is 2.19. The summed E-state index contributed by atoms with van der Waals surface area (Å²) in [6.45, 7) is 0. The first-order valence-electron chi connectivity index (χ1n) is 4.09. The van der Waals surface area contributed by atoms with Gasteiger partial charge in [-0.25, -0.2) is 4.39 Å². The standard InChI is InChI=1S/C12H8F.BrH.Mg/c13-12-8-4-7-11(9-12)10-5-2-1-3-6-10;;/h1-5,7-9H;1H;/q-1;;+2/p-1. The summed E-state index contributed by atoms with van der Waals surface area (Å²) >= 11 is 0. The molecule has 0 spiro atoms. The van der Waals surface area contributed by atoms with Crippen LogP contribution in [0.4, 0.5) is 4.39 Å². The molecule has 0 aliphatic carbocycles. The molecule has 0 amide bonds. The molecule has 2 aromatic carbocycles. The normalized spacial score (nSPS) is 8.60. The van der Waals surface area contributed by atoms with E-state index in [1.807, 2.05) is 30.3 Å². The van der Waals surface area contributed by atoms with Crippen molar-refractivity contribution in [1.82, 2.24) is 0 Å². The summed E-state index contributed by atoms with van der Waals surface area (Å²) < 4.78 is 12.8. The third kappa shape index (κ3) is 3.93. The van der Waals surface area contributed by atoms with Crippen molar-refractivity contribution in [3.8, 4) is 11.1 Å². The van der Waals surface area contributed by atoms with Gasteiger partial charge in [0.2, 0.25) is 0 Å². The van der Waals surface area contributed by atoms with E-state index in [1.54, 1.807) is 6.07 Å². The second kappa shape index (κ2) is 6.98. The first kappa shape index (κ1) is 14.6. The summed E-state index contributed by atoms with van der Waals surface area (Å²) in [7, 11) is 0. The number of halogens is 2. The summed E-state index contributed by atoms with van der Waals surface area (Å²) in [6, 6.07) is 17.1. The molecule has 0 aliphatic rings. The number of benzene rings is 2. The molecule has 0 nitrogen and oxygen atoms in total. The van der Waals surface area contributed by atoms with E-state index in [0.717, 1.165) is 11.1 Å². The van der Waals surface area contributed by atoms with Crippen molar-refractivity contribution in [2.45, 2.75) is 0 Å². The van der Waals surface area contributed by atoms with Gasteiger partial charge < -0.3 is 17.0 Å². The van der Waals surface area contributed by atoms with E-state index in [1.165, 1.54) is 12.1 Å². The van der Waals surface area contributed by atoms with Gasteiger partial charge in [0.1, 0.15) is 5.82 Å². The van der Waals surface area contributed by atoms with Gasteiger partial charge in [0.05, 0.1) is 0 Å². The van der Waals surface area contributed by atoms with Crippen LogP contribution in [-0.4, -0.2) is 23.1 Å². The van der Waals surface area contributed by atoms with Crippen LogP contribution in [0, 0.1) is 11.9 Å². The maximum absolute atomic E-state index is 12.8. The fourth-order valence-electron chi connectivity index (χ4n) is 1.23. The molecule has 15 heavy (non-hydrogen) atoms. The molecule has 2 rings (SSSR count). The van der Waals surface area contributed by atoms with Crippen LogP contribution in [0.2, 0.25) is 0 Å². The third-order valence-corrected chi connectivity index (χ3v) is 1.84. The molecule has 0 aliphatic heterocycles. The summed E-state index contributed by atoms with van der Waals surface area (Å²) in [5, 5.41) is 0. The number of rotatable bonds is 1. The Kier molecular flexibility index (Phi) is 6.81. The van der Waals surface area contributed by atoms with Crippen LogP contribution < -0.4 is 17.0 Å². The van der Waals surface area contributed by atoms with Crippen LogP contribution in [0.1, 0.15) is 0 Å². The molecule has 3 heteroatoms. The molecule has 0 unspecified atom stereocenters. The molecule has 2 aromatic rings. The SMILES string of the molecule is Fc1cccc(-c2[c-]cccc2)c1.[Br-].[Mg+2]. The first-order valence-corrected chi connectivity index (χ1v) is 4.09. The molecule has 0 heterocycles. The second-order valence-electron chi connectivity index (χ2n) is 2.79. The number of hydrogen-bond acceptors (Lipinski definition) is 0. The van der Waals surface area contributed by atoms with Crippen molar-refractivity contribution in [2.24, 2.45) is 0 Å². The number of hydrogen-bond donors (Lipinski definition) is 0. The Morgan fingerprint density at radius 3 is 2.40 bits per heavy atom. The van der Waals surface area contributed by atoms with E-state index in [4.69, 9.17) is 0 Å². The quantitative estimate of drug-likeness (QED) is 0.504. The Bertz CT molecular complexity index is 403. The molecule has 0 aromatic heterocycles. The van der Waals surface area contributed by atoms with E-state index in [0.29, 0.717) is 0 Å². The summed E-state index contributed by atoms with van der Waals surface area (Å²) in [5.74, 6) is -0.213. The van der Waals surface area contributed by atoms with Crippen LogP contribution in [0.5, 0.6) is 0 Å². The van der Waals surface area contributed by atoms with E-state index >= 15 is 0 Å². The zero-order valence-electron chi connectivity index (χ0n) is 8.08. The van der Waals surface area contributed by atoms with Gasteiger partial charge in [-0.2, -0.15) is 0 Å². The Balaban J connectivity index is 0.000000980. The van der Waals surface area contributed by atoms with Crippen LogP contribution in [0.3, 0.4) is 0 Å². The smallest absolute Gasteiger partial charge is 1.00 e.